The predicted molar refractivity (Wildman–Crippen MR) is 189 cm³/mol. The van der Waals surface area contributed by atoms with Gasteiger partial charge < -0.3 is 0 Å². The molecule has 0 aliphatic rings. The first-order valence-corrected chi connectivity index (χ1v) is 15.4. The summed E-state index contributed by atoms with van der Waals surface area (Å²) in [5, 5.41) is 6.80. The molecule has 0 N–H and O–H groups in total. The summed E-state index contributed by atoms with van der Waals surface area (Å²) in [7, 11) is 0. The summed E-state index contributed by atoms with van der Waals surface area (Å²) in [6, 6.07) is 50.8. The zero-order valence-electron chi connectivity index (χ0n) is 24.8. The summed E-state index contributed by atoms with van der Waals surface area (Å²) in [6.07, 6.45) is 3.57. The van der Waals surface area contributed by atoms with Crippen LogP contribution < -0.4 is 0 Å². The molecule has 9 aromatic rings. The van der Waals surface area contributed by atoms with E-state index in [-0.39, 0.29) is 0 Å². The first-order chi connectivity index (χ1) is 22.8. The maximum absolute atomic E-state index is 5.39. The fourth-order valence-corrected chi connectivity index (χ4v) is 6.65. The number of benzene rings is 6. The van der Waals surface area contributed by atoms with E-state index in [2.05, 4.69) is 131 Å². The van der Waals surface area contributed by atoms with E-state index in [4.69, 9.17) is 9.97 Å². The highest BCUT2D eigenvalue weighted by atomic mass is 14.8. The van der Waals surface area contributed by atoms with Gasteiger partial charge in [0.1, 0.15) is 0 Å². The van der Waals surface area contributed by atoms with Crippen LogP contribution in [-0.2, 0) is 0 Å². The van der Waals surface area contributed by atoms with E-state index >= 15 is 0 Å². The Balaban J connectivity index is 1.31. The molecule has 0 aliphatic carbocycles. The van der Waals surface area contributed by atoms with Gasteiger partial charge in [-0.15, -0.1) is 0 Å². The smallest absolute Gasteiger partial charge is 0.159 e. The molecule has 0 spiro atoms. The minimum Gasteiger partial charge on any atom is -0.245 e. The zero-order valence-corrected chi connectivity index (χ0v) is 24.8. The summed E-state index contributed by atoms with van der Waals surface area (Å²) >= 11 is 0. The molecule has 6 aromatic carbocycles. The van der Waals surface area contributed by atoms with Crippen molar-refractivity contribution in [3.8, 4) is 45.0 Å². The van der Waals surface area contributed by atoms with Crippen LogP contribution in [0.1, 0.15) is 0 Å². The Bertz CT molecular complexity index is 2520. The molecule has 214 valence electrons. The average Bonchev–Trinajstić information content (AvgIpc) is 3.14. The first kappa shape index (κ1) is 26.2. The van der Waals surface area contributed by atoms with Gasteiger partial charge in [-0.2, -0.15) is 0 Å². The summed E-state index contributed by atoms with van der Waals surface area (Å²) in [6.45, 7) is 0. The molecule has 4 nitrogen and oxygen atoms in total. The van der Waals surface area contributed by atoms with Gasteiger partial charge in [0.2, 0.25) is 0 Å². The zero-order chi connectivity index (χ0) is 30.5. The molecule has 0 saturated heterocycles. The molecule has 4 heteroatoms. The Labute approximate surface area is 265 Å². The third kappa shape index (κ3) is 4.31. The van der Waals surface area contributed by atoms with Crippen LogP contribution in [0.2, 0.25) is 0 Å². The van der Waals surface area contributed by atoms with Crippen molar-refractivity contribution in [3.63, 3.8) is 0 Å². The van der Waals surface area contributed by atoms with E-state index in [9.17, 15) is 0 Å². The molecule has 46 heavy (non-hydrogen) atoms. The van der Waals surface area contributed by atoms with E-state index in [0.29, 0.717) is 5.82 Å². The van der Waals surface area contributed by atoms with Crippen molar-refractivity contribution >= 4 is 43.4 Å². The molecule has 0 unspecified atom stereocenters. The normalized spacial score (nSPS) is 11.5. The number of hydrogen-bond donors (Lipinski definition) is 0. The highest BCUT2D eigenvalue weighted by Crippen LogP contribution is 2.44. The van der Waals surface area contributed by atoms with Gasteiger partial charge in [0, 0.05) is 39.9 Å². The SMILES string of the molecule is c1ccc(-c2ccc3ccc4ccc(-c5c6ccccc6c(-c6cccc(-c7ncccn7)c6)c6ccccc56)nc4c3n2)cc1. The lowest BCUT2D eigenvalue weighted by atomic mass is 9.86. The van der Waals surface area contributed by atoms with Crippen molar-refractivity contribution in [2.75, 3.05) is 0 Å². The van der Waals surface area contributed by atoms with Gasteiger partial charge in [-0.3, -0.25) is 0 Å². The molecule has 0 amide bonds. The van der Waals surface area contributed by atoms with Crippen molar-refractivity contribution in [1.82, 2.24) is 19.9 Å². The Morgan fingerprint density at radius 3 is 1.50 bits per heavy atom. The summed E-state index contributed by atoms with van der Waals surface area (Å²) in [4.78, 5) is 19.5. The standard InChI is InChI=1S/C42H26N4/c1-2-10-27(11-3-1)36-22-20-28-18-19-29-21-23-37(46-41(29)40(28)45-36)39-34-16-6-4-14-32(34)38(33-15-5-7-17-35(33)39)30-12-8-13-31(26-30)42-43-24-9-25-44-42/h1-26H. The second kappa shape index (κ2) is 10.7. The lowest BCUT2D eigenvalue weighted by Crippen LogP contribution is -1.94. The first-order valence-electron chi connectivity index (χ1n) is 15.4. The third-order valence-electron chi connectivity index (χ3n) is 8.75. The minimum atomic E-state index is 0.714. The van der Waals surface area contributed by atoms with E-state index in [1.807, 2.05) is 24.3 Å². The lowest BCUT2D eigenvalue weighted by molar-refractivity contribution is 1.18. The van der Waals surface area contributed by atoms with Crippen LogP contribution in [-0.4, -0.2) is 19.9 Å². The van der Waals surface area contributed by atoms with E-state index < -0.39 is 0 Å². The Morgan fingerprint density at radius 1 is 0.348 bits per heavy atom. The lowest BCUT2D eigenvalue weighted by Gasteiger charge is -2.18. The van der Waals surface area contributed by atoms with Crippen LogP contribution in [0, 0.1) is 0 Å². The molecule has 3 heterocycles. The van der Waals surface area contributed by atoms with Crippen molar-refractivity contribution in [3.05, 3.63) is 158 Å². The summed E-state index contributed by atoms with van der Waals surface area (Å²) in [5.41, 5.74) is 9.19. The maximum atomic E-state index is 5.39. The Hall–Kier alpha value is -6.26. The molecule has 0 bridgehead atoms. The molecular formula is C42H26N4. The second-order valence-electron chi connectivity index (χ2n) is 11.5. The van der Waals surface area contributed by atoms with Crippen molar-refractivity contribution in [2.24, 2.45) is 0 Å². The maximum Gasteiger partial charge on any atom is 0.159 e. The largest absolute Gasteiger partial charge is 0.245 e. The van der Waals surface area contributed by atoms with Gasteiger partial charge in [0.05, 0.1) is 22.4 Å². The second-order valence-corrected chi connectivity index (χ2v) is 11.5. The molecule has 0 radical (unpaired) electrons. The van der Waals surface area contributed by atoms with Crippen molar-refractivity contribution in [2.45, 2.75) is 0 Å². The number of rotatable bonds is 4. The van der Waals surface area contributed by atoms with Crippen LogP contribution in [0.15, 0.2) is 158 Å². The van der Waals surface area contributed by atoms with Gasteiger partial charge in [-0.1, -0.05) is 121 Å². The van der Waals surface area contributed by atoms with Crippen molar-refractivity contribution < 1.29 is 0 Å². The summed E-state index contributed by atoms with van der Waals surface area (Å²) in [5.74, 6) is 0.714. The van der Waals surface area contributed by atoms with Crippen LogP contribution in [0.25, 0.3) is 88.4 Å². The topological polar surface area (TPSA) is 51.6 Å². The molecule has 3 aromatic heterocycles. The minimum absolute atomic E-state index is 0.714. The van der Waals surface area contributed by atoms with Crippen molar-refractivity contribution in [1.29, 1.82) is 0 Å². The number of fused-ring (bicyclic) bond motifs is 5. The molecule has 0 saturated carbocycles. The van der Waals surface area contributed by atoms with Crippen LogP contribution in [0.3, 0.4) is 0 Å². The van der Waals surface area contributed by atoms with Crippen LogP contribution in [0.4, 0.5) is 0 Å². The average molecular weight is 587 g/mol. The summed E-state index contributed by atoms with van der Waals surface area (Å²) < 4.78 is 0. The molecule has 0 atom stereocenters. The number of nitrogens with zero attached hydrogens (tertiary/aromatic N) is 4. The van der Waals surface area contributed by atoms with Gasteiger partial charge >= 0.3 is 0 Å². The van der Waals surface area contributed by atoms with Gasteiger partial charge in [-0.05, 0) is 56.9 Å². The number of pyridine rings is 2. The number of hydrogen-bond acceptors (Lipinski definition) is 4. The Morgan fingerprint density at radius 2 is 0.848 bits per heavy atom. The fraction of sp³-hybridized carbons (Fsp3) is 0. The van der Waals surface area contributed by atoms with E-state index in [1.165, 1.54) is 16.3 Å². The van der Waals surface area contributed by atoms with Crippen LogP contribution in [0.5, 0.6) is 0 Å². The number of aromatic nitrogens is 4. The third-order valence-corrected chi connectivity index (χ3v) is 8.75. The highest BCUT2D eigenvalue weighted by Gasteiger charge is 2.18. The molecule has 0 fully saturated rings. The monoisotopic (exact) mass is 586 g/mol. The van der Waals surface area contributed by atoms with Gasteiger partial charge in [0.25, 0.3) is 0 Å². The Kier molecular flexibility index (Phi) is 6.10. The molecular weight excluding hydrogens is 560 g/mol. The molecule has 9 rings (SSSR count). The van der Waals surface area contributed by atoms with Crippen LogP contribution >= 0.6 is 0 Å². The van der Waals surface area contributed by atoms with E-state index in [0.717, 1.165) is 66.2 Å². The fourth-order valence-electron chi connectivity index (χ4n) is 6.65. The van der Waals surface area contributed by atoms with Gasteiger partial charge in [-0.25, -0.2) is 19.9 Å². The predicted octanol–water partition coefficient (Wildman–Crippen LogP) is 10.5. The highest BCUT2D eigenvalue weighted by molar-refractivity contribution is 6.21. The quantitative estimate of drug-likeness (QED) is 0.152. The van der Waals surface area contributed by atoms with Gasteiger partial charge in [0.15, 0.2) is 5.82 Å². The molecule has 0 aliphatic heterocycles. The van der Waals surface area contributed by atoms with E-state index in [1.54, 1.807) is 12.4 Å².